The molecule has 1 N–H and O–H groups in total. The maximum absolute atomic E-state index is 12.6. The van der Waals surface area contributed by atoms with Crippen LogP contribution in [0.5, 0.6) is 11.5 Å². The molecule has 0 aromatic heterocycles. The third-order valence-electron chi connectivity index (χ3n) is 4.67. The molecule has 3 rings (SSSR count). The van der Waals surface area contributed by atoms with Gasteiger partial charge in [-0.1, -0.05) is 35.3 Å². The van der Waals surface area contributed by atoms with Gasteiger partial charge in [0, 0.05) is 24.3 Å². The third-order valence-corrected chi connectivity index (χ3v) is 6.59. The Morgan fingerprint density at radius 3 is 2.27 bits per heavy atom. The fourth-order valence-corrected chi connectivity index (χ4v) is 4.35. The molecule has 0 aliphatic heterocycles. The minimum absolute atomic E-state index is 0.0437. The molecular formula is C23H22Cl2N2O5S. The number of hydrogen-bond acceptors (Lipinski definition) is 5. The average Bonchev–Trinajstić information content (AvgIpc) is 2.79. The van der Waals surface area contributed by atoms with Gasteiger partial charge in [-0.25, -0.2) is 8.42 Å². The Morgan fingerprint density at radius 2 is 1.67 bits per heavy atom. The zero-order valence-electron chi connectivity index (χ0n) is 17.9. The molecule has 0 aliphatic rings. The number of hydrogen-bond donors (Lipinski definition) is 1. The molecule has 0 saturated carbocycles. The van der Waals surface area contributed by atoms with E-state index in [0.717, 1.165) is 11.3 Å². The van der Waals surface area contributed by atoms with Gasteiger partial charge in [-0.2, -0.15) is 0 Å². The van der Waals surface area contributed by atoms with Gasteiger partial charge in [0.1, 0.15) is 11.5 Å². The molecule has 7 nitrogen and oxygen atoms in total. The highest BCUT2D eigenvalue weighted by atomic mass is 35.5. The summed E-state index contributed by atoms with van der Waals surface area (Å²) >= 11 is 12.0. The number of amides is 1. The Hall–Kier alpha value is -2.94. The van der Waals surface area contributed by atoms with Crippen LogP contribution in [0.2, 0.25) is 10.0 Å². The number of carbonyl (C=O) groups is 1. The lowest BCUT2D eigenvalue weighted by atomic mass is 10.2. The van der Waals surface area contributed by atoms with Crippen LogP contribution in [0.25, 0.3) is 0 Å². The topological polar surface area (TPSA) is 84.9 Å². The number of halogens is 2. The molecule has 10 heteroatoms. The van der Waals surface area contributed by atoms with Crippen LogP contribution in [-0.4, -0.2) is 40.0 Å². The molecule has 3 aromatic rings. The van der Waals surface area contributed by atoms with E-state index < -0.39 is 10.0 Å². The predicted molar refractivity (Wildman–Crippen MR) is 129 cm³/mol. The molecule has 0 aliphatic carbocycles. The molecule has 0 fully saturated rings. The van der Waals surface area contributed by atoms with Gasteiger partial charge in [0.2, 0.25) is 0 Å². The molecule has 0 radical (unpaired) electrons. The molecule has 0 bridgehead atoms. The van der Waals surface area contributed by atoms with Gasteiger partial charge in [-0.05, 0) is 60.2 Å². The van der Waals surface area contributed by atoms with Crippen LogP contribution in [0, 0.1) is 0 Å². The van der Waals surface area contributed by atoms with Crippen LogP contribution in [-0.2, 0) is 21.4 Å². The van der Waals surface area contributed by atoms with E-state index >= 15 is 0 Å². The van der Waals surface area contributed by atoms with E-state index in [9.17, 15) is 13.2 Å². The highest BCUT2D eigenvalue weighted by Gasteiger charge is 2.17. The van der Waals surface area contributed by atoms with Crippen LogP contribution in [0.3, 0.4) is 0 Å². The van der Waals surface area contributed by atoms with E-state index in [-0.39, 0.29) is 28.2 Å². The largest absolute Gasteiger partial charge is 0.497 e. The quantitative estimate of drug-likeness (QED) is 0.446. The summed E-state index contributed by atoms with van der Waals surface area (Å²) in [5.74, 6) is 0.677. The van der Waals surface area contributed by atoms with Crippen LogP contribution < -0.4 is 14.2 Å². The maximum atomic E-state index is 12.6. The average molecular weight is 509 g/mol. The van der Waals surface area contributed by atoms with Gasteiger partial charge in [0.05, 0.1) is 17.0 Å². The second kappa shape index (κ2) is 10.8. The summed E-state index contributed by atoms with van der Waals surface area (Å²) in [6.45, 7) is 0.148. The summed E-state index contributed by atoms with van der Waals surface area (Å²) in [5.41, 5.74) is 1.30. The van der Waals surface area contributed by atoms with Crippen molar-refractivity contribution in [2.45, 2.75) is 11.4 Å². The Kier molecular flexibility index (Phi) is 8.07. The summed E-state index contributed by atoms with van der Waals surface area (Å²) in [4.78, 5) is 13.9. The zero-order chi connectivity index (χ0) is 24.0. The van der Waals surface area contributed by atoms with Crippen LogP contribution in [0.4, 0.5) is 5.69 Å². The molecule has 33 heavy (non-hydrogen) atoms. The number of nitrogens with zero attached hydrogens (tertiary/aromatic N) is 1. The normalized spacial score (nSPS) is 11.0. The van der Waals surface area contributed by atoms with E-state index in [1.54, 1.807) is 38.4 Å². The first kappa shape index (κ1) is 24.7. The molecule has 1 amide bonds. The lowest BCUT2D eigenvalue weighted by molar-refractivity contribution is -0.132. The fraction of sp³-hybridized carbons (Fsp3) is 0.174. The van der Waals surface area contributed by atoms with Crippen molar-refractivity contribution in [1.82, 2.24) is 4.90 Å². The summed E-state index contributed by atoms with van der Waals surface area (Å²) in [5, 5.41) is 0.561. The SMILES string of the molecule is COc1ccc(CN(C)C(=O)COc2ccc(S(=O)(=O)Nc3ccc(Cl)cc3)cc2Cl)cc1. The Bertz CT molecular complexity index is 1220. The van der Waals surface area contributed by atoms with Crippen LogP contribution in [0.15, 0.2) is 71.6 Å². The number of rotatable bonds is 9. The number of sulfonamides is 1. The van der Waals surface area contributed by atoms with Gasteiger partial charge >= 0.3 is 0 Å². The summed E-state index contributed by atoms with van der Waals surface area (Å²) < 4.78 is 38.3. The molecule has 0 atom stereocenters. The monoisotopic (exact) mass is 508 g/mol. The van der Waals surface area contributed by atoms with Crippen molar-refractivity contribution < 1.29 is 22.7 Å². The second-order valence-corrected chi connectivity index (χ2v) is 9.62. The molecule has 0 saturated heterocycles. The second-order valence-electron chi connectivity index (χ2n) is 7.09. The molecular weight excluding hydrogens is 487 g/mol. The van der Waals surface area contributed by atoms with E-state index in [0.29, 0.717) is 17.3 Å². The van der Waals surface area contributed by atoms with Crippen molar-refractivity contribution in [2.75, 3.05) is 25.5 Å². The minimum atomic E-state index is -3.87. The number of carbonyl (C=O) groups excluding carboxylic acids is 1. The van der Waals surface area contributed by atoms with E-state index in [1.165, 1.54) is 23.1 Å². The van der Waals surface area contributed by atoms with Crippen molar-refractivity contribution in [3.8, 4) is 11.5 Å². The Balaban J connectivity index is 1.60. The predicted octanol–water partition coefficient (Wildman–Crippen LogP) is 4.84. The van der Waals surface area contributed by atoms with E-state index in [1.807, 2.05) is 24.3 Å². The summed E-state index contributed by atoms with van der Waals surface area (Å²) in [6, 6.07) is 17.7. The van der Waals surface area contributed by atoms with Crippen molar-refractivity contribution in [3.63, 3.8) is 0 Å². The number of nitrogens with one attached hydrogen (secondary N) is 1. The first-order valence-electron chi connectivity index (χ1n) is 9.75. The third kappa shape index (κ3) is 6.77. The van der Waals surface area contributed by atoms with Crippen LogP contribution >= 0.6 is 23.2 Å². The highest BCUT2D eigenvalue weighted by molar-refractivity contribution is 7.92. The number of anilines is 1. The number of ether oxygens (including phenoxy) is 2. The fourth-order valence-electron chi connectivity index (χ4n) is 2.84. The standard InChI is InChI=1S/C23H22Cl2N2O5S/c1-27(14-16-3-9-19(31-2)10-4-16)23(28)15-32-22-12-11-20(13-21(22)25)33(29,30)26-18-7-5-17(24)6-8-18/h3-13,26H,14-15H2,1-2H3. The van der Waals surface area contributed by atoms with Gasteiger partial charge in [-0.3, -0.25) is 9.52 Å². The lowest BCUT2D eigenvalue weighted by Gasteiger charge is -2.18. The zero-order valence-corrected chi connectivity index (χ0v) is 20.2. The van der Waals surface area contributed by atoms with Gasteiger partial charge in [-0.15, -0.1) is 0 Å². The minimum Gasteiger partial charge on any atom is -0.497 e. The Labute approximate surface area is 202 Å². The van der Waals surface area contributed by atoms with Gasteiger partial charge < -0.3 is 14.4 Å². The summed E-state index contributed by atoms with van der Waals surface area (Å²) in [7, 11) is -0.616. The highest BCUT2D eigenvalue weighted by Crippen LogP contribution is 2.28. The van der Waals surface area contributed by atoms with Crippen molar-refractivity contribution >= 4 is 44.8 Å². The number of likely N-dealkylation sites (N-methyl/N-ethyl adjacent to an activating group) is 1. The smallest absolute Gasteiger partial charge is 0.261 e. The van der Waals surface area contributed by atoms with Crippen molar-refractivity contribution in [1.29, 1.82) is 0 Å². The first-order chi connectivity index (χ1) is 15.7. The van der Waals surface area contributed by atoms with E-state index in [2.05, 4.69) is 4.72 Å². The first-order valence-corrected chi connectivity index (χ1v) is 12.0. The lowest BCUT2D eigenvalue weighted by Crippen LogP contribution is -2.31. The maximum Gasteiger partial charge on any atom is 0.261 e. The number of methoxy groups -OCH3 is 1. The molecule has 0 heterocycles. The van der Waals surface area contributed by atoms with E-state index in [4.69, 9.17) is 32.7 Å². The molecule has 174 valence electrons. The van der Waals surface area contributed by atoms with Crippen LogP contribution in [0.1, 0.15) is 5.56 Å². The van der Waals surface area contributed by atoms with Gasteiger partial charge in [0.15, 0.2) is 6.61 Å². The Morgan fingerprint density at radius 1 is 1.00 bits per heavy atom. The van der Waals surface area contributed by atoms with Crippen molar-refractivity contribution in [2.24, 2.45) is 0 Å². The molecule has 0 spiro atoms. The number of benzene rings is 3. The van der Waals surface area contributed by atoms with Gasteiger partial charge in [0.25, 0.3) is 15.9 Å². The molecule has 0 unspecified atom stereocenters. The molecule has 3 aromatic carbocycles. The van der Waals surface area contributed by atoms with Crippen molar-refractivity contribution in [3.05, 3.63) is 82.3 Å². The summed E-state index contributed by atoms with van der Waals surface area (Å²) in [6.07, 6.45) is 0.